The molecular weight excluding hydrogens is 298 g/mol. The zero-order valence-electron chi connectivity index (χ0n) is 12.0. The van der Waals surface area contributed by atoms with E-state index in [4.69, 9.17) is 4.42 Å². The molecule has 3 rings (SSSR count). The van der Waals surface area contributed by atoms with Gasteiger partial charge in [0.2, 0.25) is 0 Å². The lowest BCUT2D eigenvalue weighted by Gasteiger charge is -2.07. The van der Waals surface area contributed by atoms with Crippen molar-refractivity contribution in [1.82, 2.24) is 9.55 Å². The smallest absolute Gasteiger partial charge is 0.328 e. The maximum atomic E-state index is 12.4. The number of benzene rings is 1. The number of carbonyl (C=O) groups is 1. The quantitative estimate of drug-likeness (QED) is 0.761. The summed E-state index contributed by atoms with van der Waals surface area (Å²) in [7, 11) is 0. The number of aromatic amines is 1. The second kappa shape index (κ2) is 6.18. The number of nitrogens with zero attached hydrogens (tertiary/aromatic N) is 1. The Morgan fingerprint density at radius 2 is 1.91 bits per heavy atom. The van der Waals surface area contributed by atoms with Gasteiger partial charge in [0, 0.05) is 11.9 Å². The summed E-state index contributed by atoms with van der Waals surface area (Å²) in [5.74, 6) is -0.149. The molecule has 0 aliphatic rings. The summed E-state index contributed by atoms with van der Waals surface area (Å²) in [6.07, 6.45) is 2.56. The predicted octanol–water partition coefficient (Wildman–Crippen LogP) is 1.43. The maximum absolute atomic E-state index is 12.4. The van der Waals surface area contributed by atoms with Gasteiger partial charge in [-0.2, -0.15) is 0 Å². The highest BCUT2D eigenvalue weighted by Gasteiger charge is 2.15. The Bertz CT molecular complexity index is 924. The molecule has 0 radical (unpaired) electrons. The van der Waals surface area contributed by atoms with E-state index in [-0.39, 0.29) is 12.1 Å². The first-order valence-corrected chi connectivity index (χ1v) is 6.86. The van der Waals surface area contributed by atoms with Crippen LogP contribution in [0.15, 0.2) is 68.9 Å². The summed E-state index contributed by atoms with van der Waals surface area (Å²) in [6.45, 7) is -0.0480. The van der Waals surface area contributed by atoms with E-state index in [9.17, 15) is 14.4 Å². The Hall–Kier alpha value is -3.35. The molecule has 3 aromatic rings. The van der Waals surface area contributed by atoms with Crippen molar-refractivity contribution >= 4 is 11.6 Å². The first-order chi connectivity index (χ1) is 11.1. The molecule has 0 bridgehead atoms. The van der Waals surface area contributed by atoms with Crippen LogP contribution in [0.25, 0.3) is 0 Å². The fourth-order valence-electron chi connectivity index (χ4n) is 2.10. The van der Waals surface area contributed by atoms with Gasteiger partial charge in [0.15, 0.2) is 0 Å². The molecule has 2 aromatic heterocycles. The zero-order valence-corrected chi connectivity index (χ0v) is 12.0. The summed E-state index contributed by atoms with van der Waals surface area (Å²) < 4.78 is 6.05. The van der Waals surface area contributed by atoms with E-state index in [1.165, 1.54) is 6.26 Å². The summed E-state index contributed by atoms with van der Waals surface area (Å²) in [6, 6.07) is 12.0. The Labute approximate surface area is 130 Å². The first-order valence-electron chi connectivity index (χ1n) is 6.86. The fraction of sp³-hybridized carbons (Fsp3) is 0.0625. The average molecular weight is 311 g/mol. The molecule has 0 spiro atoms. The summed E-state index contributed by atoms with van der Waals surface area (Å²) in [4.78, 5) is 38.8. The minimum absolute atomic E-state index is 0.0480. The van der Waals surface area contributed by atoms with E-state index in [2.05, 4.69) is 10.3 Å². The minimum Gasteiger partial charge on any atom is -0.467 e. The van der Waals surface area contributed by atoms with Crippen molar-refractivity contribution in [2.75, 3.05) is 5.32 Å². The minimum atomic E-state index is -0.682. The number of nitrogens with one attached hydrogen (secondary N) is 2. The van der Waals surface area contributed by atoms with Gasteiger partial charge in [-0.3, -0.25) is 14.2 Å². The van der Waals surface area contributed by atoms with Gasteiger partial charge in [0.05, 0.1) is 12.8 Å². The van der Waals surface area contributed by atoms with Gasteiger partial charge in [-0.1, -0.05) is 18.2 Å². The highest BCUT2D eigenvalue weighted by molar-refractivity contribution is 6.03. The van der Waals surface area contributed by atoms with Gasteiger partial charge < -0.3 is 14.7 Å². The van der Waals surface area contributed by atoms with E-state index in [0.717, 1.165) is 10.8 Å². The van der Waals surface area contributed by atoms with Crippen LogP contribution < -0.4 is 16.6 Å². The van der Waals surface area contributed by atoms with Crippen molar-refractivity contribution in [2.45, 2.75) is 6.54 Å². The van der Waals surface area contributed by atoms with Crippen LogP contribution in [0.2, 0.25) is 0 Å². The second-order valence-corrected chi connectivity index (χ2v) is 4.80. The van der Waals surface area contributed by atoms with E-state index in [0.29, 0.717) is 11.4 Å². The lowest BCUT2D eigenvalue weighted by atomic mass is 10.2. The number of carbonyl (C=O) groups excluding carboxylic acids is 1. The summed E-state index contributed by atoms with van der Waals surface area (Å²) in [5.41, 5.74) is -0.887. The van der Waals surface area contributed by atoms with Crippen LogP contribution in [0.1, 0.15) is 16.1 Å². The summed E-state index contributed by atoms with van der Waals surface area (Å²) in [5, 5.41) is 2.61. The van der Waals surface area contributed by atoms with Gasteiger partial charge in [0.1, 0.15) is 11.3 Å². The molecule has 0 aliphatic carbocycles. The number of hydrogen-bond acceptors (Lipinski definition) is 4. The number of anilines is 1. The second-order valence-electron chi connectivity index (χ2n) is 4.80. The molecule has 0 aliphatic heterocycles. The fourth-order valence-corrected chi connectivity index (χ4v) is 2.10. The van der Waals surface area contributed by atoms with E-state index < -0.39 is 17.2 Å². The summed E-state index contributed by atoms with van der Waals surface area (Å²) >= 11 is 0. The number of rotatable bonds is 4. The number of furan rings is 1. The van der Waals surface area contributed by atoms with E-state index >= 15 is 0 Å². The van der Waals surface area contributed by atoms with Crippen molar-refractivity contribution in [3.63, 3.8) is 0 Å². The molecule has 23 heavy (non-hydrogen) atoms. The molecular formula is C16H13N3O4. The molecule has 2 heterocycles. The van der Waals surface area contributed by atoms with Gasteiger partial charge in [-0.05, 0) is 24.3 Å². The Morgan fingerprint density at radius 1 is 1.13 bits per heavy atom. The molecule has 1 amide bonds. The molecule has 7 nitrogen and oxygen atoms in total. The van der Waals surface area contributed by atoms with Gasteiger partial charge in [-0.15, -0.1) is 0 Å². The number of aromatic nitrogens is 2. The number of para-hydroxylation sites is 1. The Kier molecular flexibility index (Phi) is 3.92. The van der Waals surface area contributed by atoms with Crippen molar-refractivity contribution in [1.29, 1.82) is 0 Å². The third-order valence-corrected chi connectivity index (χ3v) is 3.23. The third kappa shape index (κ3) is 3.13. The van der Waals surface area contributed by atoms with Crippen molar-refractivity contribution in [3.05, 3.63) is 87.1 Å². The topological polar surface area (TPSA) is 97.1 Å². The van der Waals surface area contributed by atoms with Crippen LogP contribution in [0.3, 0.4) is 0 Å². The first kappa shape index (κ1) is 14.6. The van der Waals surface area contributed by atoms with E-state index in [1.54, 1.807) is 36.4 Å². The zero-order chi connectivity index (χ0) is 16.2. The molecule has 0 fully saturated rings. The van der Waals surface area contributed by atoms with Crippen LogP contribution in [0.5, 0.6) is 0 Å². The Morgan fingerprint density at radius 3 is 2.61 bits per heavy atom. The lowest BCUT2D eigenvalue weighted by molar-refractivity contribution is 0.102. The molecule has 0 atom stereocenters. The van der Waals surface area contributed by atoms with Crippen molar-refractivity contribution in [3.8, 4) is 0 Å². The number of amides is 1. The predicted molar refractivity (Wildman–Crippen MR) is 83.5 cm³/mol. The van der Waals surface area contributed by atoms with Crippen LogP contribution in [-0.2, 0) is 6.54 Å². The highest BCUT2D eigenvalue weighted by atomic mass is 16.3. The maximum Gasteiger partial charge on any atom is 0.328 e. The van der Waals surface area contributed by atoms with Crippen LogP contribution in [0.4, 0.5) is 5.69 Å². The van der Waals surface area contributed by atoms with E-state index in [1.807, 2.05) is 6.07 Å². The molecule has 0 unspecified atom stereocenters. The molecule has 7 heteroatoms. The van der Waals surface area contributed by atoms with Gasteiger partial charge >= 0.3 is 5.69 Å². The average Bonchev–Trinajstić information content (AvgIpc) is 3.05. The molecule has 0 saturated carbocycles. The van der Waals surface area contributed by atoms with Crippen molar-refractivity contribution < 1.29 is 9.21 Å². The van der Waals surface area contributed by atoms with Crippen LogP contribution in [-0.4, -0.2) is 15.5 Å². The highest BCUT2D eigenvalue weighted by Crippen LogP contribution is 2.06. The van der Waals surface area contributed by atoms with Crippen LogP contribution >= 0.6 is 0 Å². The van der Waals surface area contributed by atoms with Crippen LogP contribution in [0, 0.1) is 0 Å². The molecule has 0 saturated heterocycles. The molecule has 1 aromatic carbocycles. The number of hydrogen-bond donors (Lipinski definition) is 2. The molecule has 2 N–H and O–H groups in total. The van der Waals surface area contributed by atoms with Gasteiger partial charge in [-0.25, -0.2) is 4.79 Å². The standard InChI is InChI=1S/C16H13N3O4/c20-14(18-11-5-2-1-3-6-11)13-9-17-16(22)19(15(13)21)10-12-7-4-8-23-12/h1-9H,10H2,(H,17,22)(H,18,20). The number of H-pyrrole nitrogens is 1. The largest absolute Gasteiger partial charge is 0.467 e. The lowest BCUT2D eigenvalue weighted by Crippen LogP contribution is -2.39. The Balaban J connectivity index is 1.93. The monoisotopic (exact) mass is 311 g/mol. The third-order valence-electron chi connectivity index (χ3n) is 3.23. The SMILES string of the molecule is O=C(Nc1ccccc1)c1c[nH]c(=O)n(Cc2ccco2)c1=O. The normalized spacial score (nSPS) is 10.4. The van der Waals surface area contributed by atoms with Crippen molar-refractivity contribution in [2.24, 2.45) is 0 Å². The van der Waals surface area contributed by atoms with Gasteiger partial charge in [0.25, 0.3) is 11.5 Å². The molecule has 116 valence electrons.